The predicted octanol–water partition coefficient (Wildman–Crippen LogP) is 3.75. The Bertz CT molecular complexity index is 1060. The fraction of sp³-hybridized carbons (Fsp3) is 0.458. The van der Waals surface area contributed by atoms with Gasteiger partial charge in [0.25, 0.3) is 0 Å². The molecule has 2 saturated heterocycles. The number of aromatic amines is 1. The number of aromatic nitrogens is 3. The molecular weight excluding hydrogens is 402 g/mol. The minimum absolute atomic E-state index is 0.243. The second-order valence-electron chi connectivity index (χ2n) is 8.55. The topological polar surface area (TPSA) is 80.4 Å². The molecule has 2 fully saturated rings. The van der Waals surface area contributed by atoms with Gasteiger partial charge in [-0.2, -0.15) is 9.97 Å². The van der Waals surface area contributed by atoms with Crippen LogP contribution in [0, 0.1) is 0 Å². The van der Waals surface area contributed by atoms with E-state index in [1.165, 1.54) is 24.9 Å². The molecule has 1 amide bonds. The van der Waals surface area contributed by atoms with Crippen LogP contribution in [0.2, 0.25) is 0 Å². The molecule has 0 unspecified atom stereocenters. The van der Waals surface area contributed by atoms with Crippen LogP contribution in [0.3, 0.4) is 0 Å². The number of carbonyl (C=O) groups excluding carboxylic acids is 1. The summed E-state index contributed by atoms with van der Waals surface area (Å²) in [4.78, 5) is 31.4. The van der Waals surface area contributed by atoms with E-state index in [2.05, 4.69) is 55.4 Å². The van der Waals surface area contributed by atoms with Gasteiger partial charge in [0, 0.05) is 63.3 Å². The average molecular weight is 434 g/mol. The lowest BCUT2D eigenvalue weighted by atomic mass is 10.1. The average Bonchev–Trinajstić information content (AvgIpc) is 3.33. The molecule has 32 heavy (non-hydrogen) atoms. The van der Waals surface area contributed by atoms with Gasteiger partial charge in [-0.05, 0) is 49.6 Å². The number of piperazine rings is 1. The zero-order chi connectivity index (χ0) is 21.9. The minimum Gasteiger partial charge on any atom is -0.368 e. The molecule has 0 atom stereocenters. The molecule has 2 N–H and O–H groups in total. The molecule has 2 aliphatic heterocycles. The number of H-pyrrole nitrogens is 1. The second-order valence-corrected chi connectivity index (χ2v) is 8.55. The smallest absolute Gasteiger partial charge is 0.231 e. The number of anilines is 4. The molecule has 2 aliphatic rings. The number of amides is 1. The quantitative estimate of drug-likeness (QED) is 0.638. The van der Waals surface area contributed by atoms with Crippen molar-refractivity contribution in [3.63, 3.8) is 0 Å². The summed E-state index contributed by atoms with van der Waals surface area (Å²) in [6, 6.07) is 10.5. The Kier molecular flexibility index (Phi) is 5.83. The van der Waals surface area contributed by atoms with Crippen molar-refractivity contribution in [2.24, 2.45) is 0 Å². The fourth-order valence-electron chi connectivity index (χ4n) is 4.65. The van der Waals surface area contributed by atoms with Crippen molar-refractivity contribution in [2.75, 3.05) is 54.4 Å². The molecule has 0 saturated carbocycles. The van der Waals surface area contributed by atoms with Gasteiger partial charge in [-0.25, -0.2) is 0 Å². The summed E-state index contributed by atoms with van der Waals surface area (Å²) >= 11 is 0. The number of hydrogen-bond acceptors (Lipinski definition) is 6. The number of carbonyl (C=O) groups is 1. The first-order chi connectivity index (χ1) is 15.7. The lowest BCUT2D eigenvalue weighted by molar-refractivity contribution is -0.131. The van der Waals surface area contributed by atoms with Crippen LogP contribution >= 0.6 is 0 Å². The Morgan fingerprint density at radius 3 is 2.41 bits per heavy atom. The molecular formula is C24H31N7O. The van der Waals surface area contributed by atoms with Crippen molar-refractivity contribution in [1.29, 1.82) is 0 Å². The Morgan fingerprint density at radius 2 is 1.69 bits per heavy atom. The van der Waals surface area contributed by atoms with E-state index in [4.69, 9.17) is 4.98 Å². The summed E-state index contributed by atoms with van der Waals surface area (Å²) in [5.41, 5.74) is 3.00. The summed E-state index contributed by atoms with van der Waals surface area (Å²) in [7, 11) is 0. The van der Waals surface area contributed by atoms with E-state index < -0.39 is 0 Å². The van der Waals surface area contributed by atoms with Crippen molar-refractivity contribution in [1.82, 2.24) is 19.9 Å². The summed E-state index contributed by atoms with van der Waals surface area (Å²) in [6.07, 6.45) is 6.22. The van der Waals surface area contributed by atoms with Crippen molar-refractivity contribution in [2.45, 2.75) is 32.6 Å². The van der Waals surface area contributed by atoms with Gasteiger partial charge in [0.05, 0.1) is 5.39 Å². The maximum absolute atomic E-state index is 11.9. The van der Waals surface area contributed by atoms with Crippen molar-refractivity contribution < 1.29 is 4.79 Å². The number of fused-ring (bicyclic) bond motifs is 1. The monoisotopic (exact) mass is 433 g/mol. The third kappa shape index (κ3) is 4.22. The Balaban J connectivity index is 1.29. The number of nitrogens with one attached hydrogen (secondary N) is 2. The van der Waals surface area contributed by atoms with Crippen LogP contribution in [0.1, 0.15) is 32.6 Å². The first-order valence-corrected chi connectivity index (χ1v) is 11.7. The summed E-state index contributed by atoms with van der Waals surface area (Å²) in [6.45, 7) is 7.32. The molecule has 0 spiro atoms. The first kappa shape index (κ1) is 20.6. The SMILES string of the molecule is CCC(=O)N1CCN(c2ccc(Nc3nc(N4CCCCC4)c4cc[nH]c4n3)cc2)CC1. The molecule has 5 rings (SSSR count). The number of piperidine rings is 1. The zero-order valence-corrected chi connectivity index (χ0v) is 18.7. The second kappa shape index (κ2) is 9.06. The third-order valence-electron chi connectivity index (χ3n) is 6.47. The molecule has 0 radical (unpaired) electrons. The number of benzene rings is 1. The maximum Gasteiger partial charge on any atom is 0.231 e. The van der Waals surface area contributed by atoms with E-state index in [9.17, 15) is 4.79 Å². The van der Waals surface area contributed by atoms with Gasteiger partial charge in [0.2, 0.25) is 11.9 Å². The largest absolute Gasteiger partial charge is 0.368 e. The van der Waals surface area contributed by atoms with Crippen LogP contribution in [-0.2, 0) is 4.79 Å². The number of rotatable bonds is 5. The van der Waals surface area contributed by atoms with Crippen LogP contribution in [0.15, 0.2) is 36.5 Å². The van der Waals surface area contributed by atoms with Crippen molar-refractivity contribution in [3.05, 3.63) is 36.5 Å². The first-order valence-electron chi connectivity index (χ1n) is 11.7. The highest BCUT2D eigenvalue weighted by Crippen LogP contribution is 2.28. The van der Waals surface area contributed by atoms with E-state index in [1.807, 2.05) is 18.0 Å². The summed E-state index contributed by atoms with van der Waals surface area (Å²) in [5.74, 6) is 1.86. The van der Waals surface area contributed by atoms with Gasteiger partial charge in [-0.1, -0.05) is 6.92 Å². The Morgan fingerprint density at radius 1 is 0.938 bits per heavy atom. The van der Waals surface area contributed by atoms with Crippen LogP contribution in [-0.4, -0.2) is 65.0 Å². The molecule has 4 heterocycles. The number of nitrogens with zero attached hydrogens (tertiary/aromatic N) is 5. The molecule has 8 nitrogen and oxygen atoms in total. The predicted molar refractivity (Wildman–Crippen MR) is 129 cm³/mol. The standard InChI is InChI=1S/C24H31N7O/c1-2-21(32)30-16-14-29(15-17-30)19-8-6-18(7-9-19)26-24-27-22-20(10-11-25-22)23(28-24)31-12-4-3-5-13-31/h6-11H,2-5,12-17H2,1H3,(H2,25,26,27,28). The normalized spacial score (nSPS) is 17.1. The lowest BCUT2D eigenvalue weighted by Gasteiger charge is -2.36. The molecule has 168 valence electrons. The van der Waals surface area contributed by atoms with Gasteiger partial charge >= 0.3 is 0 Å². The Labute approximate surface area is 188 Å². The maximum atomic E-state index is 11.9. The zero-order valence-electron chi connectivity index (χ0n) is 18.7. The van der Waals surface area contributed by atoms with Crippen molar-refractivity contribution in [3.8, 4) is 0 Å². The van der Waals surface area contributed by atoms with Crippen molar-refractivity contribution >= 4 is 40.1 Å². The Hall–Kier alpha value is -3.29. The molecule has 1 aromatic carbocycles. The van der Waals surface area contributed by atoms with Gasteiger partial charge < -0.3 is 25.0 Å². The number of hydrogen-bond donors (Lipinski definition) is 2. The molecule has 0 bridgehead atoms. The van der Waals surface area contributed by atoms with E-state index in [0.29, 0.717) is 12.4 Å². The van der Waals surface area contributed by atoms with Crippen LogP contribution in [0.25, 0.3) is 11.0 Å². The van der Waals surface area contributed by atoms with Gasteiger partial charge in [-0.15, -0.1) is 0 Å². The van der Waals surface area contributed by atoms with Crippen LogP contribution in [0.5, 0.6) is 0 Å². The van der Waals surface area contributed by atoms with E-state index >= 15 is 0 Å². The highest BCUT2D eigenvalue weighted by atomic mass is 16.2. The summed E-state index contributed by atoms with van der Waals surface area (Å²) in [5, 5.41) is 4.46. The summed E-state index contributed by atoms with van der Waals surface area (Å²) < 4.78 is 0. The van der Waals surface area contributed by atoms with E-state index in [-0.39, 0.29) is 5.91 Å². The highest BCUT2D eigenvalue weighted by molar-refractivity contribution is 5.89. The van der Waals surface area contributed by atoms with E-state index in [1.54, 1.807) is 0 Å². The van der Waals surface area contributed by atoms with Gasteiger partial charge in [0.1, 0.15) is 11.5 Å². The van der Waals surface area contributed by atoms with Gasteiger partial charge in [-0.3, -0.25) is 4.79 Å². The molecule has 8 heteroatoms. The van der Waals surface area contributed by atoms with Gasteiger partial charge in [0.15, 0.2) is 0 Å². The molecule has 0 aliphatic carbocycles. The van der Waals surface area contributed by atoms with E-state index in [0.717, 1.165) is 61.8 Å². The van der Waals surface area contributed by atoms with Crippen LogP contribution in [0.4, 0.5) is 23.1 Å². The molecule has 2 aromatic heterocycles. The lowest BCUT2D eigenvalue weighted by Crippen LogP contribution is -2.48. The molecule has 3 aromatic rings. The third-order valence-corrected chi connectivity index (χ3v) is 6.47. The fourth-order valence-corrected chi connectivity index (χ4v) is 4.65. The van der Waals surface area contributed by atoms with Crippen LogP contribution < -0.4 is 15.1 Å². The minimum atomic E-state index is 0.243. The highest BCUT2D eigenvalue weighted by Gasteiger charge is 2.20.